The number of aryl methyl sites for hydroxylation is 2. The summed E-state index contributed by atoms with van der Waals surface area (Å²) in [5.74, 6) is -0.937. The molecule has 0 radical (unpaired) electrons. The minimum Gasteiger partial charge on any atom is -0.326 e. The number of carbonyl (C=O) groups excluding carboxylic acids is 2. The van der Waals surface area contributed by atoms with Gasteiger partial charge in [0.25, 0.3) is 5.69 Å². The average molecular weight is 353 g/mol. The Balaban J connectivity index is 1.75. The summed E-state index contributed by atoms with van der Waals surface area (Å²) >= 11 is 0. The van der Waals surface area contributed by atoms with E-state index < -0.39 is 10.8 Å². The summed E-state index contributed by atoms with van der Waals surface area (Å²) in [7, 11) is 0. The number of benzene rings is 2. The number of hydrogen-bond acceptors (Lipinski definition) is 4. The molecule has 1 saturated heterocycles. The lowest BCUT2D eigenvalue weighted by atomic mass is 10.1. The van der Waals surface area contributed by atoms with Gasteiger partial charge in [-0.25, -0.2) is 0 Å². The van der Waals surface area contributed by atoms with Crippen LogP contribution in [0, 0.1) is 29.9 Å². The quantitative estimate of drug-likeness (QED) is 0.675. The lowest BCUT2D eigenvalue weighted by Crippen LogP contribution is -2.28. The number of hydrogen-bond donors (Lipinski definition) is 1. The number of non-ortho nitro benzene ring substituents is 1. The van der Waals surface area contributed by atoms with Crippen LogP contribution in [0.2, 0.25) is 0 Å². The molecule has 1 heterocycles. The van der Waals surface area contributed by atoms with E-state index in [1.807, 2.05) is 32.0 Å². The maximum atomic E-state index is 12.6. The van der Waals surface area contributed by atoms with Gasteiger partial charge in [-0.05, 0) is 37.1 Å². The number of amides is 2. The third-order valence-electron chi connectivity index (χ3n) is 4.50. The van der Waals surface area contributed by atoms with Crippen LogP contribution in [0.25, 0.3) is 0 Å². The monoisotopic (exact) mass is 353 g/mol. The van der Waals surface area contributed by atoms with Gasteiger partial charge in [0, 0.05) is 30.8 Å². The lowest BCUT2D eigenvalue weighted by molar-refractivity contribution is -0.384. The Kier molecular flexibility index (Phi) is 4.71. The van der Waals surface area contributed by atoms with Crippen molar-refractivity contribution in [1.29, 1.82) is 0 Å². The molecular formula is C19H19N3O4. The molecule has 2 aromatic rings. The molecule has 2 amide bonds. The fourth-order valence-corrected chi connectivity index (χ4v) is 3.01. The van der Waals surface area contributed by atoms with Crippen molar-refractivity contribution in [2.45, 2.75) is 20.3 Å². The highest BCUT2D eigenvalue weighted by Crippen LogP contribution is 2.29. The number of anilines is 2. The first-order valence-corrected chi connectivity index (χ1v) is 8.28. The number of rotatable bonds is 4. The van der Waals surface area contributed by atoms with E-state index in [9.17, 15) is 19.7 Å². The fourth-order valence-electron chi connectivity index (χ4n) is 3.01. The molecule has 1 fully saturated rings. The summed E-state index contributed by atoms with van der Waals surface area (Å²) in [4.78, 5) is 36.7. The van der Waals surface area contributed by atoms with E-state index in [0.29, 0.717) is 5.69 Å². The Hall–Kier alpha value is -3.22. The molecule has 26 heavy (non-hydrogen) atoms. The van der Waals surface area contributed by atoms with Gasteiger partial charge in [-0.3, -0.25) is 19.7 Å². The van der Waals surface area contributed by atoms with Gasteiger partial charge in [-0.1, -0.05) is 18.2 Å². The summed E-state index contributed by atoms with van der Waals surface area (Å²) < 4.78 is 0. The zero-order valence-electron chi connectivity index (χ0n) is 14.6. The lowest BCUT2D eigenvalue weighted by Gasteiger charge is -2.17. The zero-order chi connectivity index (χ0) is 18.8. The number of nitro groups is 1. The molecule has 7 heteroatoms. The highest BCUT2D eigenvalue weighted by molar-refractivity contribution is 6.03. The van der Waals surface area contributed by atoms with Gasteiger partial charge < -0.3 is 10.2 Å². The molecule has 0 unspecified atom stereocenters. The first-order valence-electron chi connectivity index (χ1n) is 8.28. The smallest absolute Gasteiger partial charge is 0.271 e. The Morgan fingerprint density at radius 3 is 2.73 bits per heavy atom. The molecule has 0 aromatic heterocycles. The molecule has 2 aromatic carbocycles. The van der Waals surface area contributed by atoms with Crippen LogP contribution in [0.1, 0.15) is 17.5 Å². The van der Waals surface area contributed by atoms with E-state index in [-0.39, 0.29) is 30.5 Å². The second-order valence-electron chi connectivity index (χ2n) is 6.49. The van der Waals surface area contributed by atoms with E-state index in [1.54, 1.807) is 6.07 Å². The molecule has 0 bridgehead atoms. The third-order valence-corrected chi connectivity index (χ3v) is 4.50. The van der Waals surface area contributed by atoms with Crippen molar-refractivity contribution in [2.24, 2.45) is 5.92 Å². The average Bonchev–Trinajstić information content (AvgIpc) is 3.00. The normalized spacial score (nSPS) is 16.6. The van der Waals surface area contributed by atoms with Gasteiger partial charge in [-0.15, -0.1) is 0 Å². The number of carbonyl (C=O) groups is 2. The van der Waals surface area contributed by atoms with Crippen molar-refractivity contribution in [1.82, 2.24) is 0 Å². The maximum Gasteiger partial charge on any atom is 0.271 e. The summed E-state index contributed by atoms with van der Waals surface area (Å²) in [6.07, 6.45) is 0.0827. The van der Waals surface area contributed by atoms with Crippen LogP contribution in [0.3, 0.4) is 0 Å². The van der Waals surface area contributed by atoms with E-state index in [4.69, 9.17) is 0 Å². The minimum atomic E-state index is -0.505. The van der Waals surface area contributed by atoms with Crippen molar-refractivity contribution in [3.63, 3.8) is 0 Å². The molecule has 1 aliphatic heterocycles. The zero-order valence-corrected chi connectivity index (χ0v) is 14.6. The van der Waals surface area contributed by atoms with E-state index >= 15 is 0 Å². The Bertz CT molecular complexity index is 894. The van der Waals surface area contributed by atoms with Crippen LogP contribution in [0.4, 0.5) is 17.1 Å². The predicted molar refractivity (Wildman–Crippen MR) is 98.1 cm³/mol. The Morgan fingerprint density at radius 1 is 1.23 bits per heavy atom. The van der Waals surface area contributed by atoms with Crippen LogP contribution < -0.4 is 10.2 Å². The molecule has 0 saturated carbocycles. The van der Waals surface area contributed by atoms with Crippen LogP contribution >= 0.6 is 0 Å². The van der Waals surface area contributed by atoms with Gasteiger partial charge in [0.1, 0.15) is 0 Å². The van der Waals surface area contributed by atoms with Crippen LogP contribution in [0.5, 0.6) is 0 Å². The van der Waals surface area contributed by atoms with Crippen LogP contribution in [-0.4, -0.2) is 23.3 Å². The maximum absolute atomic E-state index is 12.6. The van der Waals surface area contributed by atoms with Crippen molar-refractivity contribution >= 4 is 28.9 Å². The summed E-state index contributed by atoms with van der Waals surface area (Å²) in [5.41, 5.74) is 3.07. The first-order chi connectivity index (χ1) is 12.3. The number of nitro benzene ring substituents is 1. The predicted octanol–water partition coefficient (Wildman–Crippen LogP) is 3.20. The fraction of sp³-hybridized carbons (Fsp3) is 0.263. The van der Waals surface area contributed by atoms with Gasteiger partial charge in [0.05, 0.1) is 16.5 Å². The SMILES string of the molecule is Cc1ccc(C)c(NC(=O)[C@@H]2CC(=O)N(c3cccc([N+](=O)[O-])c3)C2)c1. The standard InChI is InChI=1S/C19H19N3O4/c1-12-6-7-13(2)17(8-12)20-19(24)14-9-18(23)21(11-14)15-4-3-5-16(10-15)22(25)26/h3-8,10,14H,9,11H2,1-2H3,(H,20,24)/t14-/m1/s1. The molecule has 0 spiro atoms. The number of nitrogens with one attached hydrogen (secondary N) is 1. The second kappa shape index (κ2) is 6.95. The van der Waals surface area contributed by atoms with Gasteiger partial charge in [0.15, 0.2) is 0 Å². The van der Waals surface area contributed by atoms with Gasteiger partial charge in [-0.2, -0.15) is 0 Å². The van der Waals surface area contributed by atoms with E-state index in [2.05, 4.69) is 5.32 Å². The Labute approximate surface area is 150 Å². The molecule has 1 aliphatic rings. The Morgan fingerprint density at radius 2 is 2.00 bits per heavy atom. The third kappa shape index (κ3) is 3.56. The van der Waals surface area contributed by atoms with Gasteiger partial charge >= 0.3 is 0 Å². The van der Waals surface area contributed by atoms with Crippen molar-refractivity contribution in [2.75, 3.05) is 16.8 Å². The summed E-state index contributed by atoms with van der Waals surface area (Å²) in [5, 5.41) is 13.8. The van der Waals surface area contributed by atoms with E-state index in [0.717, 1.165) is 16.8 Å². The summed E-state index contributed by atoms with van der Waals surface area (Å²) in [6, 6.07) is 11.7. The first kappa shape index (κ1) is 17.6. The second-order valence-corrected chi connectivity index (χ2v) is 6.49. The van der Waals surface area contributed by atoms with Crippen molar-refractivity contribution in [3.8, 4) is 0 Å². The topological polar surface area (TPSA) is 92.6 Å². The highest BCUT2D eigenvalue weighted by Gasteiger charge is 2.35. The van der Waals surface area contributed by atoms with Crippen molar-refractivity contribution < 1.29 is 14.5 Å². The van der Waals surface area contributed by atoms with Gasteiger partial charge in [0.2, 0.25) is 11.8 Å². The molecule has 1 N–H and O–H groups in total. The molecule has 3 rings (SSSR count). The van der Waals surface area contributed by atoms with Crippen molar-refractivity contribution in [3.05, 3.63) is 63.7 Å². The molecule has 1 atom stereocenters. The van der Waals surface area contributed by atoms with E-state index in [1.165, 1.54) is 23.1 Å². The molecule has 0 aliphatic carbocycles. The molecular weight excluding hydrogens is 334 g/mol. The van der Waals surface area contributed by atoms with Crippen LogP contribution in [0.15, 0.2) is 42.5 Å². The largest absolute Gasteiger partial charge is 0.326 e. The number of nitrogens with zero attached hydrogens (tertiary/aromatic N) is 2. The molecule has 7 nitrogen and oxygen atoms in total. The summed E-state index contributed by atoms with van der Waals surface area (Å²) in [6.45, 7) is 4.05. The minimum absolute atomic E-state index is 0.0827. The highest BCUT2D eigenvalue weighted by atomic mass is 16.6. The molecule has 134 valence electrons. The van der Waals surface area contributed by atoms with Crippen LogP contribution in [-0.2, 0) is 9.59 Å².